The van der Waals surface area contributed by atoms with Crippen molar-refractivity contribution in [2.45, 2.75) is 36.7 Å². The van der Waals surface area contributed by atoms with Crippen molar-refractivity contribution in [3.8, 4) is 6.07 Å². The van der Waals surface area contributed by atoms with Crippen LogP contribution in [0.3, 0.4) is 0 Å². The summed E-state index contributed by atoms with van der Waals surface area (Å²) in [7, 11) is 2.01. The monoisotopic (exact) mass is 256 g/mol. The number of nitriles is 1. The van der Waals surface area contributed by atoms with Crippen molar-refractivity contribution in [3.05, 3.63) is 35.4 Å². The van der Waals surface area contributed by atoms with Gasteiger partial charge in [0.15, 0.2) is 0 Å². The molecule has 2 unspecified atom stereocenters. The molecular weight excluding hydrogens is 236 g/mol. The third kappa shape index (κ3) is 1.71. The van der Waals surface area contributed by atoms with Gasteiger partial charge in [0.05, 0.1) is 6.07 Å². The number of likely N-dealkylation sites (N-methyl/N-ethyl adjacent to an activating group) is 1. The number of fused-ring (bicyclic) bond motifs is 1. The summed E-state index contributed by atoms with van der Waals surface area (Å²) in [6.07, 6.45) is 3.46. The lowest BCUT2D eigenvalue weighted by Gasteiger charge is -2.44. The van der Waals surface area contributed by atoms with Crippen LogP contribution in [-0.4, -0.2) is 35.7 Å². The van der Waals surface area contributed by atoms with Gasteiger partial charge in [-0.1, -0.05) is 24.3 Å². The van der Waals surface area contributed by atoms with E-state index in [2.05, 4.69) is 17.0 Å². The first-order valence-electron chi connectivity index (χ1n) is 7.02. The molecule has 100 valence electrons. The van der Waals surface area contributed by atoms with Gasteiger partial charge in [0.1, 0.15) is 11.0 Å². The number of hydrogen-bond acceptors (Lipinski definition) is 3. The number of likely N-dealkylation sites (tertiary alicyclic amines) is 1. The van der Waals surface area contributed by atoms with Gasteiger partial charge in [-0.3, -0.25) is 0 Å². The minimum atomic E-state index is -0.910. The summed E-state index contributed by atoms with van der Waals surface area (Å²) in [6.45, 7) is 1.46. The molecule has 1 aromatic rings. The van der Waals surface area contributed by atoms with E-state index in [1.807, 2.05) is 25.2 Å². The predicted octanol–water partition coefficient (Wildman–Crippen LogP) is 1.85. The van der Waals surface area contributed by atoms with Crippen LogP contribution in [0.2, 0.25) is 0 Å². The molecule has 1 saturated heterocycles. The number of aryl methyl sites for hydroxylation is 1. The average molecular weight is 256 g/mol. The molecule has 0 spiro atoms. The van der Waals surface area contributed by atoms with Gasteiger partial charge in [0.25, 0.3) is 0 Å². The predicted molar refractivity (Wildman–Crippen MR) is 73.7 cm³/mol. The van der Waals surface area contributed by atoms with Crippen LogP contribution in [0.5, 0.6) is 0 Å². The van der Waals surface area contributed by atoms with Crippen LogP contribution in [0.25, 0.3) is 0 Å². The van der Waals surface area contributed by atoms with Crippen molar-refractivity contribution in [2.24, 2.45) is 0 Å². The highest BCUT2D eigenvalue weighted by molar-refractivity contribution is 5.45. The Kier molecular flexibility index (Phi) is 2.88. The molecule has 1 aromatic carbocycles. The summed E-state index contributed by atoms with van der Waals surface area (Å²) in [5.74, 6) is 0. The van der Waals surface area contributed by atoms with Crippen molar-refractivity contribution in [2.75, 3.05) is 20.1 Å². The van der Waals surface area contributed by atoms with E-state index in [-0.39, 0.29) is 0 Å². The number of aliphatic hydroxyl groups is 1. The molecule has 0 radical (unpaired) electrons. The van der Waals surface area contributed by atoms with E-state index < -0.39 is 11.0 Å². The van der Waals surface area contributed by atoms with Crippen molar-refractivity contribution < 1.29 is 5.11 Å². The zero-order chi connectivity index (χ0) is 13.5. The van der Waals surface area contributed by atoms with Gasteiger partial charge in [-0.15, -0.1) is 0 Å². The van der Waals surface area contributed by atoms with Crippen LogP contribution < -0.4 is 0 Å². The van der Waals surface area contributed by atoms with Crippen molar-refractivity contribution in [1.29, 1.82) is 5.26 Å². The quantitative estimate of drug-likeness (QED) is 0.834. The molecule has 3 nitrogen and oxygen atoms in total. The highest BCUT2D eigenvalue weighted by Crippen LogP contribution is 2.48. The molecule has 1 aliphatic heterocycles. The Morgan fingerprint density at radius 1 is 1.32 bits per heavy atom. The Morgan fingerprint density at radius 2 is 2.11 bits per heavy atom. The molecule has 0 aromatic heterocycles. The van der Waals surface area contributed by atoms with E-state index in [9.17, 15) is 10.4 Å². The number of hydrogen-bond donors (Lipinski definition) is 1. The molecule has 1 N–H and O–H groups in total. The zero-order valence-electron chi connectivity index (χ0n) is 11.4. The second-order valence-electron chi connectivity index (χ2n) is 6.05. The van der Waals surface area contributed by atoms with Gasteiger partial charge >= 0.3 is 0 Å². The smallest absolute Gasteiger partial charge is 0.112 e. The molecule has 1 heterocycles. The van der Waals surface area contributed by atoms with Crippen LogP contribution >= 0.6 is 0 Å². The van der Waals surface area contributed by atoms with E-state index in [1.54, 1.807) is 0 Å². The number of β-amino-alcohol motifs (C(OH)–C–C–N with tert-alkyl or cyclic N) is 1. The lowest BCUT2D eigenvalue weighted by atomic mass is 9.61. The van der Waals surface area contributed by atoms with Crippen LogP contribution in [0.4, 0.5) is 0 Å². The molecule has 2 atom stereocenters. The summed E-state index contributed by atoms with van der Waals surface area (Å²) < 4.78 is 0. The summed E-state index contributed by atoms with van der Waals surface area (Å²) in [6, 6.07) is 10.6. The van der Waals surface area contributed by atoms with E-state index in [0.717, 1.165) is 31.4 Å². The molecule has 1 aliphatic carbocycles. The largest absolute Gasteiger partial charge is 0.386 e. The van der Waals surface area contributed by atoms with Gasteiger partial charge in [-0.05, 0) is 43.9 Å². The maximum atomic E-state index is 11.1. The fourth-order valence-electron chi connectivity index (χ4n) is 3.87. The first-order chi connectivity index (χ1) is 9.11. The summed E-state index contributed by atoms with van der Waals surface area (Å²) in [5.41, 5.74) is 0.652. The summed E-state index contributed by atoms with van der Waals surface area (Å²) in [4.78, 5) is 2.12. The van der Waals surface area contributed by atoms with E-state index >= 15 is 0 Å². The second kappa shape index (κ2) is 4.33. The van der Waals surface area contributed by atoms with Crippen LogP contribution in [0.15, 0.2) is 24.3 Å². The van der Waals surface area contributed by atoms with Gasteiger partial charge in [-0.25, -0.2) is 0 Å². The topological polar surface area (TPSA) is 47.3 Å². The molecule has 1 fully saturated rings. The minimum absolute atomic E-state index is 0.592. The standard InChI is InChI=1S/C16H20N2O/c1-18-10-9-16(19,12-18)15(11-17)8-4-6-13-5-2-3-7-14(13)15/h2-3,5,7,19H,4,6,8-10,12H2,1H3. The number of nitrogens with zero attached hydrogens (tertiary/aromatic N) is 2. The third-order valence-corrected chi connectivity index (χ3v) is 4.90. The number of rotatable bonds is 1. The molecule has 19 heavy (non-hydrogen) atoms. The Balaban J connectivity index is 2.14. The highest BCUT2D eigenvalue weighted by atomic mass is 16.3. The van der Waals surface area contributed by atoms with Crippen molar-refractivity contribution in [1.82, 2.24) is 4.90 Å². The van der Waals surface area contributed by atoms with E-state index in [1.165, 1.54) is 5.56 Å². The Hall–Kier alpha value is -1.37. The lowest BCUT2D eigenvalue weighted by molar-refractivity contribution is -0.0128. The van der Waals surface area contributed by atoms with Crippen LogP contribution in [0, 0.1) is 11.3 Å². The third-order valence-electron chi connectivity index (χ3n) is 4.90. The van der Waals surface area contributed by atoms with Gasteiger partial charge in [-0.2, -0.15) is 5.26 Å². The normalized spacial score (nSPS) is 34.8. The van der Waals surface area contributed by atoms with Crippen LogP contribution in [0.1, 0.15) is 30.4 Å². The van der Waals surface area contributed by atoms with Gasteiger partial charge in [0, 0.05) is 13.1 Å². The molecule has 0 saturated carbocycles. The molecule has 0 bridgehead atoms. The molecule has 0 amide bonds. The molecule has 3 rings (SSSR count). The lowest BCUT2D eigenvalue weighted by Crippen LogP contribution is -2.54. The Labute approximate surface area is 114 Å². The molecular formula is C16H20N2O. The van der Waals surface area contributed by atoms with Crippen LogP contribution in [-0.2, 0) is 11.8 Å². The summed E-state index contributed by atoms with van der Waals surface area (Å²) >= 11 is 0. The summed E-state index contributed by atoms with van der Waals surface area (Å²) in [5, 5.41) is 21.0. The fourth-order valence-corrected chi connectivity index (χ4v) is 3.87. The molecule has 3 heteroatoms. The SMILES string of the molecule is CN1CCC(O)(C2(C#N)CCCc3ccccc32)C1. The van der Waals surface area contributed by atoms with Gasteiger partial charge in [0.2, 0.25) is 0 Å². The van der Waals surface area contributed by atoms with E-state index in [4.69, 9.17) is 0 Å². The Morgan fingerprint density at radius 3 is 2.79 bits per heavy atom. The number of benzene rings is 1. The Bertz CT molecular complexity index is 536. The molecule has 2 aliphatic rings. The maximum Gasteiger partial charge on any atom is 0.112 e. The second-order valence-corrected chi connectivity index (χ2v) is 6.05. The van der Waals surface area contributed by atoms with E-state index in [0.29, 0.717) is 13.0 Å². The minimum Gasteiger partial charge on any atom is -0.386 e. The van der Waals surface area contributed by atoms with Crippen molar-refractivity contribution >= 4 is 0 Å². The maximum absolute atomic E-state index is 11.1. The van der Waals surface area contributed by atoms with Crippen molar-refractivity contribution in [3.63, 3.8) is 0 Å². The van der Waals surface area contributed by atoms with Gasteiger partial charge < -0.3 is 10.0 Å². The first-order valence-corrected chi connectivity index (χ1v) is 7.02. The fraction of sp³-hybridized carbons (Fsp3) is 0.562. The zero-order valence-corrected chi connectivity index (χ0v) is 11.4. The highest BCUT2D eigenvalue weighted by Gasteiger charge is 2.56. The average Bonchev–Trinajstić information content (AvgIpc) is 2.79. The first kappa shape index (κ1) is 12.7.